The summed E-state index contributed by atoms with van der Waals surface area (Å²) in [6, 6.07) is 9.35. The first-order valence-electron chi connectivity index (χ1n) is 8.63. The van der Waals surface area contributed by atoms with Crippen molar-refractivity contribution >= 4 is 35.0 Å². The van der Waals surface area contributed by atoms with Crippen LogP contribution in [0.2, 0.25) is 5.02 Å². The van der Waals surface area contributed by atoms with Gasteiger partial charge in [-0.2, -0.15) is 0 Å². The molecule has 3 aromatic rings. The highest BCUT2D eigenvalue weighted by Gasteiger charge is 2.21. The molecule has 0 radical (unpaired) electrons. The van der Waals surface area contributed by atoms with E-state index in [2.05, 4.69) is 4.57 Å². The van der Waals surface area contributed by atoms with E-state index in [4.69, 9.17) is 28.8 Å². The number of hydrogen-bond acceptors (Lipinski definition) is 3. The number of benzene rings is 1. The molecule has 1 fully saturated rings. The first-order chi connectivity index (χ1) is 12.1. The van der Waals surface area contributed by atoms with Crippen LogP contribution in [0.3, 0.4) is 0 Å². The van der Waals surface area contributed by atoms with Gasteiger partial charge >= 0.3 is 0 Å². The molecular weight excluding hydrogens is 354 g/mol. The fourth-order valence-electron chi connectivity index (χ4n) is 3.77. The number of imidazole rings is 1. The van der Waals surface area contributed by atoms with E-state index < -0.39 is 0 Å². The molecule has 0 unspecified atom stereocenters. The number of phenols is 1. The lowest BCUT2D eigenvalue weighted by Crippen LogP contribution is -2.13. The minimum Gasteiger partial charge on any atom is -0.507 e. The van der Waals surface area contributed by atoms with E-state index in [0.717, 1.165) is 28.8 Å². The number of phenolic OH excluding ortho intramolecular Hbond substituents is 1. The number of pyridine rings is 1. The maximum atomic E-state index is 10.2. The van der Waals surface area contributed by atoms with Crippen LogP contribution in [-0.2, 0) is 7.05 Å². The summed E-state index contributed by atoms with van der Waals surface area (Å²) >= 11 is 11.8. The smallest absolute Gasteiger partial charge is 0.181 e. The average molecular weight is 374 g/mol. The van der Waals surface area contributed by atoms with Gasteiger partial charge in [-0.1, -0.05) is 30.9 Å². The molecular formula is C19H20ClN3OS. The maximum Gasteiger partial charge on any atom is 0.181 e. The average Bonchev–Trinajstić information content (AvgIpc) is 2.88. The molecule has 1 N–H and O–H groups in total. The van der Waals surface area contributed by atoms with Gasteiger partial charge in [-0.15, -0.1) is 0 Å². The molecule has 1 saturated carbocycles. The number of aromatic nitrogens is 3. The molecule has 0 amide bonds. The topological polar surface area (TPSA) is 43.0 Å². The molecule has 1 aliphatic rings. The normalized spacial score (nSPS) is 15.8. The van der Waals surface area contributed by atoms with E-state index in [9.17, 15) is 5.11 Å². The van der Waals surface area contributed by atoms with Crippen molar-refractivity contribution in [2.24, 2.45) is 7.05 Å². The molecule has 25 heavy (non-hydrogen) atoms. The first-order valence-corrected chi connectivity index (χ1v) is 9.42. The zero-order valence-electron chi connectivity index (χ0n) is 14.1. The van der Waals surface area contributed by atoms with Crippen molar-refractivity contribution in [3.05, 3.63) is 40.1 Å². The third-order valence-corrected chi connectivity index (χ3v) is 5.82. The van der Waals surface area contributed by atoms with Gasteiger partial charge < -0.3 is 9.67 Å². The van der Waals surface area contributed by atoms with Gasteiger partial charge in [0.15, 0.2) is 10.4 Å². The van der Waals surface area contributed by atoms with Crippen LogP contribution in [0, 0.1) is 4.77 Å². The van der Waals surface area contributed by atoms with Crippen molar-refractivity contribution in [1.82, 2.24) is 14.1 Å². The SMILES string of the molecule is Cn1c(=S)n(C2CCCCC2)c2nc(-c3cc(Cl)ccc3O)ccc21. The summed E-state index contributed by atoms with van der Waals surface area (Å²) in [5.41, 5.74) is 3.24. The van der Waals surface area contributed by atoms with Crippen LogP contribution in [0.25, 0.3) is 22.4 Å². The van der Waals surface area contributed by atoms with Gasteiger partial charge in [0.1, 0.15) is 5.75 Å². The molecule has 4 nitrogen and oxygen atoms in total. The van der Waals surface area contributed by atoms with Crippen molar-refractivity contribution in [3.8, 4) is 17.0 Å². The molecule has 0 saturated heterocycles. The van der Waals surface area contributed by atoms with E-state index in [0.29, 0.717) is 22.3 Å². The predicted octanol–water partition coefficient (Wildman–Crippen LogP) is 5.64. The second-order valence-corrected chi connectivity index (χ2v) is 7.51. The summed E-state index contributed by atoms with van der Waals surface area (Å²) in [7, 11) is 1.99. The number of aromatic hydroxyl groups is 1. The third-order valence-electron chi connectivity index (χ3n) is 5.11. The van der Waals surface area contributed by atoms with Crippen molar-refractivity contribution in [2.75, 3.05) is 0 Å². The summed E-state index contributed by atoms with van der Waals surface area (Å²) in [6.45, 7) is 0. The van der Waals surface area contributed by atoms with Gasteiger partial charge in [0.05, 0.1) is 11.2 Å². The highest BCUT2D eigenvalue weighted by atomic mass is 35.5. The Hall–Kier alpha value is -1.85. The minimum absolute atomic E-state index is 0.176. The largest absolute Gasteiger partial charge is 0.507 e. The van der Waals surface area contributed by atoms with Crippen molar-refractivity contribution in [1.29, 1.82) is 0 Å². The fraction of sp³-hybridized carbons (Fsp3) is 0.368. The van der Waals surface area contributed by atoms with Crippen LogP contribution < -0.4 is 0 Å². The molecule has 0 atom stereocenters. The van der Waals surface area contributed by atoms with E-state index >= 15 is 0 Å². The Labute approximate surface area is 156 Å². The molecule has 1 aliphatic carbocycles. The van der Waals surface area contributed by atoms with Gasteiger partial charge in [-0.05, 0) is 55.4 Å². The second kappa shape index (κ2) is 6.46. The van der Waals surface area contributed by atoms with Gasteiger partial charge in [0, 0.05) is 23.7 Å². The molecule has 6 heteroatoms. The van der Waals surface area contributed by atoms with Crippen LogP contribution in [0.1, 0.15) is 38.1 Å². The standard InChI is InChI=1S/C19H20ClN3OS/c1-22-16-9-8-15(14-11-12(20)7-10-17(14)24)21-18(16)23(19(22)25)13-5-3-2-4-6-13/h7-11,13,24H,2-6H2,1H3. The Morgan fingerprint density at radius 1 is 1.16 bits per heavy atom. The highest BCUT2D eigenvalue weighted by molar-refractivity contribution is 7.71. The monoisotopic (exact) mass is 373 g/mol. The van der Waals surface area contributed by atoms with Crippen molar-refractivity contribution < 1.29 is 5.11 Å². The third kappa shape index (κ3) is 2.85. The Morgan fingerprint density at radius 3 is 2.68 bits per heavy atom. The number of halogens is 1. The number of nitrogens with zero attached hydrogens (tertiary/aromatic N) is 3. The lowest BCUT2D eigenvalue weighted by Gasteiger charge is -2.23. The Bertz CT molecular complexity index is 1000. The van der Waals surface area contributed by atoms with E-state index in [1.54, 1.807) is 18.2 Å². The molecule has 2 heterocycles. The van der Waals surface area contributed by atoms with Crippen molar-refractivity contribution in [3.63, 3.8) is 0 Å². The van der Waals surface area contributed by atoms with E-state index in [-0.39, 0.29) is 5.75 Å². The van der Waals surface area contributed by atoms with Crippen molar-refractivity contribution in [2.45, 2.75) is 38.1 Å². The van der Waals surface area contributed by atoms with Gasteiger partial charge in [0.25, 0.3) is 0 Å². The zero-order chi connectivity index (χ0) is 17.6. The van der Waals surface area contributed by atoms with Gasteiger partial charge in [-0.3, -0.25) is 4.57 Å². The Morgan fingerprint density at radius 2 is 1.92 bits per heavy atom. The molecule has 130 valence electrons. The summed E-state index contributed by atoms with van der Waals surface area (Å²) < 4.78 is 5.03. The summed E-state index contributed by atoms with van der Waals surface area (Å²) in [4.78, 5) is 4.86. The van der Waals surface area contributed by atoms with E-state index in [1.165, 1.54) is 19.3 Å². The number of fused-ring (bicyclic) bond motifs is 1. The van der Waals surface area contributed by atoms with Gasteiger partial charge in [-0.25, -0.2) is 4.98 Å². The van der Waals surface area contributed by atoms with Crippen LogP contribution in [0.4, 0.5) is 0 Å². The second-order valence-electron chi connectivity index (χ2n) is 6.70. The molecule has 0 spiro atoms. The zero-order valence-corrected chi connectivity index (χ0v) is 15.6. The molecule has 4 rings (SSSR count). The summed E-state index contributed by atoms with van der Waals surface area (Å²) in [5.74, 6) is 0.176. The minimum atomic E-state index is 0.176. The lowest BCUT2D eigenvalue weighted by molar-refractivity contribution is 0.354. The quantitative estimate of drug-likeness (QED) is 0.591. The molecule has 1 aromatic carbocycles. The van der Waals surface area contributed by atoms with Crippen LogP contribution >= 0.6 is 23.8 Å². The first kappa shape index (κ1) is 16.6. The Balaban J connectivity index is 1.92. The molecule has 0 aliphatic heterocycles. The van der Waals surface area contributed by atoms with Crippen LogP contribution in [-0.4, -0.2) is 19.2 Å². The number of rotatable bonds is 2. The van der Waals surface area contributed by atoms with Crippen LogP contribution in [0.15, 0.2) is 30.3 Å². The lowest BCUT2D eigenvalue weighted by atomic mass is 9.95. The summed E-state index contributed by atoms with van der Waals surface area (Å²) in [6.07, 6.45) is 6.04. The molecule has 0 bridgehead atoms. The number of hydrogen-bond donors (Lipinski definition) is 1. The Kier molecular flexibility index (Phi) is 4.29. The molecule has 2 aromatic heterocycles. The fourth-order valence-corrected chi connectivity index (χ4v) is 4.27. The highest BCUT2D eigenvalue weighted by Crippen LogP contribution is 2.35. The van der Waals surface area contributed by atoms with Gasteiger partial charge in [0.2, 0.25) is 0 Å². The summed E-state index contributed by atoms with van der Waals surface area (Å²) in [5, 5.41) is 10.8. The van der Waals surface area contributed by atoms with Crippen LogP contribution in [0.5, 0.6) is 5.75 Å². The maximum absolute atomic E-state index is 10.2. The number of aryl methyl sites for hydroxylation is 1. The predicted molar refractivity (Wildman–Crippen MR) is 104 cm³/mol. The van der Waals surface area contributed by atoms with E-state index in [1.807, 2.05) is 23.7 Å².